The number of hydrogen-bond acceptors (Lipinski definition) is 4. The molecule has 0 radical (unpaired) electrons. The van der Waals surface area contributed by atoms with Crippen LogP contribution in [0.4, 0.5) is 0 Å². The lowest BCUT2D eigenvalue weighted by Crippen LogP contribution is -1.98. The molecule has 3 nitrogen and oxygen atoms in total. The quantitative estimate of drug-likeness (QED) is 0.745. The number of thioether (sulfide) groups is 1. The lowest BCUT2D eigenvalue weighted by molar-refractivity contribution is 0.319. The van der Waals surface area contributed by atoms with Crippen LogP contribution in [0.5, 0.6) is 5.75 Å². The SMILES string of the molecule is CSCCCOc1cccc(-c2nc(C)c(C)o2)c1. The minimum Gasteiger partial charge on any atom is -0.494 e. The molecule has 0 N–H and O–H groups in total. The van der Waals surface area contributed by atoms with Crippen molar-refractivity contribution in [1.29, 1.82) is 0 Å². The van der Waals surface area contributed by atoms with E-state index in [2.05, 4.69) is 11.2 Å². The number of aryl methyl sites for hydroxylation is 2. The van der Waals surface area contributed by atoms with Gasteiger partial charge in [-0.25, -0.2) is 4.98 Å². The monoisotopic (exact) mass is 277 g/mol. The molecule has 0 unspecified atom stereocenters. The Morgan fingerprint density at radius 2 is 2.16 bits per heavy atom. The highest BCUT2D eigenvalue weighted by Gasteiger charge is 2.08. The second kappa shape index (κ2) is 6.66. The highest BCUT2D eigenvalue weighted by atomic mass is 32.2. The fraction of sp³-hybridized carbons (Fsp3) is 0.400. The number of benzene rings is 1. The lowest BCUT2D eigenvalue weighted by atomic mass is 10.2. The minimum absolute atomic E-state index is 0.657. The Labute approximate surface area is 118 Å². The second-order valence-corrected chi connectivity index (χ2v) is 5.37. The van der Waals surface area contributed by atoms with Crippen molar-refractivity contribution in [3.05, 3.63) is 35.7 Å². The van der Waals surface area contributed by atoms with Crippen LogP contribution in [0, 0.1) is 13.8 Å². The molecule has 0 fully saturated rings. The van der Waals surface area contributed by atoms with Gasteiger partial charge in [0.25, 0.3) is 0 Å². The summed E-state index contributed by atoms with van der Waals surface area (Å²) in [5.74, 6) is 3.51. The van der Waals surface area contributed by atoms with Crippen molar-refractivity contribution >= 4 is 11.8 Å². The van der Waals surface area contributed by atoms with E-state index < -0.39 is 0 Å². The van der Waals surface area contributed by atoms with Gasteiger partial charge in [0.05, 0.1) is 12.3 Å². The van der Waals surface area contributed by atoms with Crippen molar-refractivity contribution in [2.75, 3.05) is 18.6 Å². The Balaban J connectivity index is 2.06. The van der Waals surface area contributed by atoms with Gasteiger partial charge in [-0.2, -0.15) is 11.8 Å². The summed E-state index contributed by atoms with van der Waals surface area (Å²) in [6.45, 7) is 4.62. The summed E-state index contributed by atoms with van der Waals surface area (Å²) in [5, 5.41) is 0. The van der Waals surface area contributed by atoms with Crippen LogP contribution in [0.1, 0.15) is 17.9 Å². The van der Waals surface area contributed by atoms with Gasteiger partial charge < -0.3 is 9.15 Å². The molecule has 2 aromatic rings. The summed E-state index contributed by atoms with van der Waals surface area (Å²) in [6.07, 6.45) is 3.16. The Hall–Kier alpha value is -1.42. The summed E-state index contributed by atoms with van der Waals surface area (Å²) in [5.41, 5.74) is 1.89. The number of oxazole rings is 1. The number of rotatable bonds is 6. The zero-order valence-corrected chi connectivity index (χ0v) is 12.4. The maximum atomic E-state index is 5.72. The van der Waals surface area contributed by atoms with Crippen LogP contribution >= 0.6 is 11.8 Å². The Morgan fingerprint density at radius 1 is 1.32 bits per heavy atom. The van der Waals surface area contributed by atoms with Crippen LogP contribution in [0.15, 0.2) is 28.7 Å². The molecule has 19 heavy (non-hydrogen) atoms. The van der Waals surface area contributed by atoms with Crippen LogP contribution in [-0.2, 0) is 0 Å². The fourth-order valence-corrected chi connectivity index (χ4v) is 2.11. The van der Waals surface area contributed by atoms with Gasteiger partial charge in [0.15, 0.2) is 0 Å². The zero-order valence-electron chi connectivity index (χ0n) is 11.6. The van der Waals surface area contributed by atoms with Gasteiger partial charge in [-0.05, 0) is 50.5 Å². The molecule has 2 rings (SSSR count). The summed E-state index contributed by atoms with van der Waals surface area (Å²) < 4.78 is 11.4. The smallest absolute Gasteiger partial charge is 0.226 e. The van der Waals surface area contributed by atoms with E-state index in [1.54, 1.807) is 0 Å². The maximum Gasteiger partial charge on any atom is 0.226 e. The number of ether oxygens (including phenoxy) is 1. The highest BCUT2D eigenvalue weighted by molar-refractivity contribution is 7.98. The van der Waals surface area contributed by atoms with E-state index in [1.807, 2.05) is 49.9 Å². The summed E-state index contributed by atoms with van der Waals surface area (Å²) in [7, 11) is 0. The van der Waals surface area contributed by atoms with Crippen LogP contribution in [-0.4, -0.2) is 23.6 Å². The topological polar surface area (TPSA) is 35.3 Å². The van der Waals surface area contributed by atoms with Crippen molar-refractivity contribution in [2.24, 2.45) is 0 Å². The molecule has 4 heteroatoms. The van der Waals surface area contributed by atoms with E-state index in [-0.39, 0.29) is 0 Å². The standard InChI is InChI=1S/C15H19NO2S/c1-11-12(2)18-15(16-11)13-6-4-7-14(10-13)17-8-5-9-19-3/h4,6-7,10H,5,8-9H2,1-3H3. The van der Waals surface area contributed by atoms with Gasteiger partial charge in [-0.15, -0.1) is 0 Å². The minimum atomic E-state index is 0.657. The Kier molecular flexibility index (Phi) is 4.91. The first kappa shape index (κ1) is 14.0. The number of hydrogen-bond donors (Lipinski definition) is 0. The average molecular weight is 277 g/mol. The largest absolute Gasteiger partial charge is 0.494 e. The third-order valence-electron chi connectivity index (χ3n) is 2.87. The molecule has 0 saturated carbocycles. The van der Waals surface area contributed by atoms with Crippen LogP contribution < -0.4 is 4.74 Å². The summed E-state index contributed by atoms with van der Waals surface area (Å²) in [6, 6.07) is 7.89. The van der Waals surface area contributed by atoms with E-state index >= 15 is 0 Å². The third-order valence-corrected chi connectivity index (χ3v) is 3.57. The van der Waals surface area contributed by atoms with Crippen LogP contribution in [0.3, 0.4) is 0 Å². The molecule has 0 atom stereocenters. The van der Waals surface area contributed by atoms with E-state index in [1.165, 1.54) is 0 Å². The molecule has 0 bridgehead atoms. The van der Waals surface area contributed by atoms with E-state index in [0.717, 1.165) is 41.5 Å². The van der Waals surface area contributed by atoms with E-state index in [0.29, 0.717) is 5.89 Å². The molecule has 0 amide bonds. The van der Waals surface area contributed by atoms with Crippen molar-refractivity contribution in [1.82, 2.24) is 4.98 Å². The molecular formula is C15H19NO2S. The van der Waals surface area contributed by atoms with Crippen molar-refractivity contribution in [3.8, 4) is 17.2 Å². The first-order valence-electron chi connectivity index (χ1n) is 6.37. The molecule has 102 valence electrons. The Bertz CT molecular complexity index is 517. The molecule has 0 spiro atoms. The van der Waals surface area contributed by atoms with Crippen molar-refractivity contribution in [2.45, 2.75) is 20.3 Å². The molecule has 1 heterocycles. The fourth-order valence-electron chi connectivity index (χ4n) is 1.71. The predicted molar refractivity (Wildman–Crippen MR) is 79.9 cm³/mol. The molecule has 1 aromatic carbocycles. The summed E-state index contributed by atoms with van der Waals surface area (Å²) >= 11 is 1.84. The number of nitrogens with zero attached hydrogens (tertiary/aromatic N) is 1. The zero-order chi connectivity index (χ0) is 13.7. The van der Waals surface area contributed by atoms with Crippen LogP contribution in [0.25, 0.3) is 11.5 Å². The second-order valence-electron chi connectivity index (χ2n) is 4.38. The van der Waals surface area contributed by atoms with Gasteiger partial charge in [-0.1, -0.05) is 6.07 Å². The van der Waals surface area contributed by atoms with Gasteiger partial charge in [0.2, 0.25) is 5.89 Å². The van der Waals surface area contributed by atoms with E-state index in [9.17, 15) is 0 Å². The van der Waals surface area contributed by atoms with Gasteiger partial charge in [0, 0.05) is 5.56 Å². The van der Waals surface area contributed by atoms with Gasteiger partial charge in [0.1, 0.15) is 11.5 Å². The third kappa shape index (κ3) is 3.77. The lowest BCUT2D eigenvalue weighted by Gasteiger charge is -2.06. The average Bonchev–Trinajstić information content (AvgIpc) is 2.75. The first-order valence-corrected chi connectivity index (χ1v) is 7.76. The van der Waals surface area contributed by atoms with Crippen LogP contribution in [0.2, 0.25) is 0 Å². The van der Waals surface area contributed by atoms with Gasteiger partial charge >= 0.3 is 0 Å². The molecule has 1 aromatic heterocycles. The van der Waals surface area contributed by atoms with Crippen molar-refractivity contribution in [3.63, 3.8) is 0 Å². The summed E-state index contributed by atoms with van der Waals surface area (Å²) in [4.78, 5) is 4.41. The van der Waals surface area contributed by atoms with E-state index in [4.69, 9.17) is 9.15 Å². The Morgan fingerprint density at radius 3 is 2.84 bits per heavy atom. The van der Waals surface area contributed by atoms with Crippen molar-refractivity contribution < 1.29 is 9.15 Å². The normalized spacial score (nSPS) is 10.7. The molecule has 0 aliphatic carbocycles. The molecule has 0 aliphatic rings. The molecule has 0 saturated heterocycles. The van der Waals surface area contributed by atoms with Gasteiger partial charge in [-0.3, -0.25) is 0 Å². The maximum absolute atomic E-state index is 5.72. The first-order chi connectivity index (χ1) is 9.20. The highest BCUT2D eigenvalue weighted by Crippen LogP contribution is 2.25. The predicted octanol–water partition coefficient (Wildman–Crippen LogP) is 4.09. The number of aromatic nitrogens is 1. The molecular weight excluding hydrogens is 258 g/mol. The molecule has 0 aliphatic heterocycles.